The molecule has 2 rings (SSSR count). The van der Waals surface area contributed by atoms with Crippen molar-refractivity contribution < 1.29 is 4.74 Å². The Bertz CT molecular complexity index is 721. The Kier molecular flexibility index (Phi) is 9.03. The van der Waals surface area contributed by atoms with E-state index in [-0.39, 0.29) is 0 Å². The lowest BCUT2D eigenvalue weighted by Gasteiger charge is -2.19. The van der Waals surface area contributed by atoms with Crippen LogP contribution in [0.25, 0.3) is 0 Å². The molecule has 0 aromatic heterocycles. The first-order valence-electron chi connectivity index (χ1n) is 9.55. The molecule has 0 radical (unpaired) electrons. The molecule has 1 N–H and O–H groups in total. The zero-order valence-electron chi connectivity index (χ0n) is 16.1. The van der Waals surface area contributed by atoms with Gasteiger partial charge in [0.1, 0.15) is 5.75 Å². The van der Waals surface area contributed by atoms with Crippen LogP contribution >= 0.6 is 23.2 Å². The number of fused-ring (bicyclic) bond motifs is 1. The van der Waals surface area contributed by atoms with Crippen LogP contribution in [0.15, 0.2) is 65.3 Å². The van der Waals surface area contributed by atoms with Crippen LogP contribution < -0.4 is 10.1 Å². The van der Waals surface area contributed by atoms with Crippen LogP contribution in [-0.4, -0.2) is 6.61 Å². The van der Waals surface area contributed by atoms with Crippen LogP contribution in [0.1, 0.15) is 43.7 Å². The molecule has 4 heteroatoms. The summed E-state index contributed by atoms with van der Waals surface area (Å²) in [4.78, 5) is 0. The van der Waals surface area contributed by atoms with Gasteiger partial charge >= 0.3 is 0 Å². The molecule has 1 aromatic carbocycles. The highest BCUT2D eigenvalue weighted by Gasteiger charge is 2.11. The molecule has 1 aliphatic heterocycles. The molecule has 1 atom stereocenters. The maximum absolute atomic E-state index is 6.07. The van der Waals surface area contributed by atoms with Gasteiger partial charge in [0.25, 0.3) is 0 Å². The topological polar surface area (TPSA) is 21.3 Å². The van der Waals surface area contributed by atoms with E-state index < -0.39 is 0 Å². The van der Waals surface area contributed by atoms with E-state index in [0.717, 1.165) is 50.3 Å². The third-order valence-electron chi connectivity index (χ3n) is 4.72. The van der Waals surface area contributed by atoms with E-state index in [1.54, 1.807) is 6.08 Å². The van der Waals surface area contributed by atoms with Gasteiger partial charge in [-0.3, -0.25) is 0 Å². The Labute approximate surface area is 173 Å². The van der Waals surface area contributed by atoms with Crippen molar-refractivity contribution in [3.8, 4) is 5.75 Å². The number of benzene rings is 1. The minimum atomic E-state index is 0.356. The maximum atomic E-state index is 6.07. The van der Waals surface area contributed by atoms with Crippen LogP contribution in [0.4, 0.5) is 0 Å². The molecule has 1 aliphatic rings. The fraction of sp³-hybridized carbons (Fsp3) is 0.391. The molecule has 1 unspecified atom stereocenters. The summed E-state index contributed by atoms with van der Waals surface area (Å²) in [5.41, 5.74) is 3.63. The smallest absolute Gasteiger partial charge is 0.122 e. The van der Waals surface area contributed by atoms with E-state index in [9.17, 15) is 0 Å². The van der Waals surface area contributed by atoms with E-state index >= 15 is 0 Å². The SMILES string of the molecule is C=C(Cl)/C=C(Cl)\C=C/CC(CC)C(=C)NCc1ccc2c(c1)CCCCO2. The first kappa shape index (κ1) is 21.7. The molecular weight excluding hydrogens is 377 g/mol. The fourth-order valence-corrected chi connectivity index (χ4v) is 3.53. The van der Waals surface area contributed by atoms with E-state index in [2.05, 4.69) is 49.7 Å². The Hall–Kier alpha value is -1.64. The summed E-state index contributed by atoms with van der Waals surface area (Å²) in [6.07, 6.45) is 10.8. The van der Waals surface area contributed by atoms with Gasteiger partial charge in [0.15, 0.2) is 0 Å². The van der Waals surface area contributed by atoms with Crippen molar-refractivity contribution in [1.82, 2.24) is 5.32 Å². The molecule has 0 saturated heterocycles. The standard InChI is InChI=1S/C23H29Cl2NO/c1-4-20(9-7-10-22(25)14-17(2)24)18(3)26-16-19-11-12-23-21(15-19)8-5-6-13-27-23/h7,10-12,14-15,20,26H,2-6,8-9,13,16H2,1H3/b10-7-,22-14+. The minimum Gasteiger partial charge on any atom is -0.493 e. The number of allylic oxidation sites excluding steroid dienone is 6. The highest BCUT2D eigenvalue weighted by Crippen LogP contribution is 2.25. The van der Waals surface area contributed by atoms with Crippen molar-refractivity contribution in [3.05, 3.63) is 76.5 Å². The van der Waals surface area contributed by atoms with Crippen LogP contribution in [0, 0.1) is 5.92 Å². The predicted octanol–water partition coefficient (Wildman–Crippen LogP) is 6.85. The van der Waals surface area contributed by atoms with Crippen molar-refractivity contribution in [2.75, 3.05) is 6.61 Å². The van der Waals surface area contributed by atoms with E-state index in [0.29, 0.717) is 16.0 Å². The van der Waals surface area contributed by atoms with Gasteiger partial charge in [0.2, 0.25) is 0 Å². The van der Waals surface area contributed by atoms with Gasteiger partial charge in [-0.25, -0.2) is 0 Å². The average Bonchev–Trinajstić information content (AvgIpc) is 2.87. The predicted molar refractivity (Wildman–Crippen MR) is 117 cm³/mol. The maximum Gasteiger partial charge on any atom is 0.122 e. The summed E-state index contributed by atoms with van der Waals surface area (Å²) in [6, 6.07) is 6.49. The van der Waals surface area contributed by atoms with Gasteiger partial charge in [0.05, 0.1) is 6.61 Å². The first-order chi connectivity index (χ1) is 13.0. The number of ether oxygens (including phenoxy) is 1. The molecule has 1 heterocycles. The lowest BCUT2D eigenvalue weighted by molar-refractivity contribution is 0.317. The number of nitrogens with one attached hydrogen (secondary N) is 1. The lowest BCUT2D eigenvalue weighted by atomic mass is 9.98. The number of halogens is 2. The van der Waals surface area contributed by atoms with E-state index in [1.165, 1.54) is 17.5 Å². The van der Waals surface area contributed by atoms with Gasteiger partial charge in [0, 0.05) is 28.2 Å². The Balaban J connectivity index is 1.88. The molecule has 2 nitrogen and oxygen atoms in total. The van der Waals surface area contributed by atoms with Crippen LogP contribution in [-0.2, 0) is 13.0 Å². The summed E-state index contributed by atoms with van der Waals surface area (Å²) in [7, 11) is 0. The normalized spacial score (nSPS) is 15.6. The second-order valence-corrected chi connectivity index (χ2v) is 7.77. The van der Waals surface area contributed by atoms with Gasteiger partial charge in [-0.05, 0) is 61.4 Å². The second kappa shape index (κ2) is 11.3. The van der Waals surface area contributed by atoms with Gasteiger partial charge in [-0.2, -0.15) is 0 Å². The van der Waals surface area contributed by atoms with Crippen molar-refractivity contribution in [2.45, 2.75) is 45.6 Å². The number of rotatable bonds is 9. The van der Waals surface area contributed by atoms with Gasteiger partial charge in [-0.1, -0.05) is 61.5 Å². The monoisotopic (exact) mass is 405 g/mol. The fourth-order valence-electron chi connectivity index (χ4n) is 3.14. The zero-order valence-corrected chi connectivity index (χ0v) is 17.6. The Morgan fingerprint density at radius 3 is 2.85 bits per heavy atom. The molecule has 0 saturated carbocycles. The highest BCUT2D eigenvalue weighted by molar-refractivity contribution is 6.35. The quantitative estimate of drug-likeness (QED) is 0.453. The molecule has 27 heavy (non-hydrogen) atoms. The van der Waals surface area contributed by atoms with E-state index in [1.807, 2.05) is 6.08 Å². The highest BCUT2D eigenvalue weighted by atomic mass is 35.5. The Morgan fingerprint density at radius 1 is 1.30 bits per heavy atom. The molecule has 0 spiro atoms. The molecular formula is C23H29Cl2NO. The molecule has 1 aromatic rings. The molecule has 0 fully saturated rings. The summed E-state index contributed by atoms with van der Waals surface area (Å²) in [6.45, 7) is 11.6. The van der Waals surface area contributed by atoms with Gasteiger partial charge in [-0.15, -0.1) is 0 Å². The number of hydrogen-bond donors (Lipinski definition) is 1. The van der Waals surface area contributed by atoms with Gasteiger partial charge < -0.3 is 10.1 Å². The van der Waals surface area contributed by atoms with E-state index in [4.69, 9.17) is 27.9 Å². The third-order valence-corrected chi connectivity index (χ3v) is 5.06. The third kappa shape index (κ3) is 7.48. The first-order valence-corrected chi connectivity index (χ1v) is 10.3. The summed E-state index contributed by atoms with van der Waals surface area (Å²) >= 11 is 11.8. The van der Waals surface area contributed by atoms with Crippen LogP contribution in [0.5, 0.6) is 5.75 Å². The van der Waals surface area contributed by atoms with Crippen molar-refractivity contribution >= 4 is 23.2 Å². The largest absolute Gasteiger partial charge is 0.493 e. The Morgan fingerprint density at radius 2 is 2.11 bits per heavy atom. The summed E-state index contributed by atoms with van der Waals surface area (Å²) in [5, 5.41) is 4.49. The summed E-state index contributed by atoms with van der Waals surface area (Å²) < 4.78 is 5.80. The molecule has 146 valence electrons. The van der Waals surface area contributed by atoms with Crippen molar-refractivity contribution in [3.63, 3.8) is 0 Å². The van der Waals surface area contributed by atoms with Crippen LogP contribution in [0.3, 0.4) is 0 Å². The minimum absolute atomic E-state index is 0.356. The lowest BCUT2D eigenvalue weighted by Crippen LogP contribution is -2.18. The summed E-state index contributed by atoms with van der Waals surface area (Å²) in [5.74, 6) is 1.39. The average molecular weight is 406 g/mol. The van der Waals surface area contributed by atoms with Crippen LogP contribution in [0.2, 0.25) is 0 Å². The molecule has 0 aliphatic carbocycles. The zero-order chi connectivity index (χ0) is 19.6. The molecule has 0 amide bonds. The van der Waals surface area contributed by atoms with Crippen molar-refractivity contribution in [2.24, 2.45) is 5.92 Å². The number of hydrogen-bond acceptors (Lipinski definition) is 2. The molecule has 0 bridgehead atoms. The number of aryl methyl sites for hydroxylation is 1. The second-order valence-electron chi connectivity index (χ2n) is 6.85. The van der Waals surface area contributed by atoms with Crippen molar-refractivity contribution in [1.29, 1.82) is 0 Å².